The molecule has 1 heterocycles. The molecule has 0 spiro atoms. The lowest BCUT2D eigenvalue weighted by atomic mass is 10.1. The molecule has 76 valence electrons. The van der Waals surface area contributed by atoms with Crippen molar-refractivity contribution in [2.45, 2.75) is 6.42 Å². The standard InChI is InChI=1S/C10H19NO2/c1-2-5-12-7-4-11-8-10-3-6-13-9-10/h2,10-11H,1,3-9H2. The molecule has 1 unspecified atom stereocenters. The van der Waals surface area contributed by atoms with Gasteiger partial charge in [0.2, 0.25) is 0 Å². The molecule has 1 rings (SSSR count). The maximum Gasteiger partial charge on any atom is 0.0645 e. The van der Waals surface area contributed by atoms with E-state index in [0.717, 1.165) is 32.9 Å². The highest BCUT2D eigenvalue weighted by atomic mass is 16.5. The quantitative estimate of drug-likeness (QED) is 0.470. The van der Waals surface area contributed by atoms with Crippen LogP contribution in [0.2, 0.25) is 0 Å². The summed E-state index contributed by atoms with van der Waals surface area (Å²) in [6.07, 6.45) is 2.96. The van der Waals surface area contributed by atoms with Crippen LogP contribution in [0.25, 0.3) is 0 Å². The molecule has 0 saturated carbocycles. The topological polar surface area (TPSA) is 30.5 Å². The Morgan fingerprint density at radius 2 is 2.54 bits per heavy atom. The van der Waals surface area contributed by atoms with Crippen molar-refractivity contribution in [3.05, 3.63) is 12.7 Å². The minimum absolute atomic E-state index is 0.647. The monoisotopic (exact) mass is 185 g/mol. The summed E-state index contributed by atoms with van der Waals surface area (Å²) in [7, 11) is 0. The maximum absolute atomic E-state index is 5.27. The summed E-state index contributed by atoms with van der Waals surface area (Å²) >= 11 is 0. The molecule has 1 fully saturated rings. The van der Waals surface area contributed by atoms with Crippen molar-refractivity contribution in [2.75, 3.05) is 39.5 Å². The van der Waals surface area contributed by atoms with Gasteiger partial charge < -0.3 is 14.8 Å². The van der Waals surface area contributed by atoms with Gasteiger partial charge in [0.25, 0.3) is 0 Å². The second-order valence-electron chi connectivity index (χ2n) is 3.30. The van der Waals surface area contributed by atoms with E-state index in [1.54, 1.807) is 6.08 Å². The third kappa shape index (κ3) is 5.03. The smallest absolute Gasteiger partial charge is 0.0645 e. The molecule has 0 aliphatic carbocycles. The lowest BCUT2D eigenvalue weighted by Crippen LogP contribution is -2.26. The number of hydrogen-bond acceptors (Lipinski definition) is 3. The fraction of sp³-hybridized carbons (Fsp3) is 0.800. The molecule has 0 bridgehead atoms. The molecule has 1 atom stereocenters. The molecule has 0 aromatic heterocycles. The van der Waals surface area contributed by atoms with Crippen LogP contribution in [0.4, 0.5) is 0 Å². The number of rotatable bonds is 7. The first-order valence-electron chi connectivity index (χ1n) is 4.90. The van der Waals surface area contributed by atoms with E-state index in [9.17, 15) is 0 Å². The van der Waals surface area contributed by atoms with Gasteiger partial charge in [-0.25, -0.2) is 0 Å². The lowest BCUT2D eigenvalue weighted by Gasteiger charge is -2.08. The summed E-state index contributed by atoms with van der Waals surface area (Å²) in [4.78, 5) is 0. The molecule has 13 heavy (non-hydrogen) atoms. The van der Waals surface area contributed by atoms with Crippen molar-refractivity contribution in [1.29, 1.82) is 0 Å². The maximum atomic E-state index is 5.27. The SMILES string of the molecule is C=CCOCCNCC1CCOC1. The summed E-state index contributed by atoms with van der Waals surface area (Å²) in [6, 6.07) is 0. The average molecular weight is 185 g/mol. The molecule has 1 N–H and O–H groups in total. The van der Waals surface area contributed by atoms with Crippen molar-refractivity contribution in [3.63, 3.8) is 0 Å². The van der Waals surface area contributed by atoms with E-state index in [2.05, 4.69) is 11.9 Å². The minimum atomic E-state index is 0.647. The summed E-state index contributed by atoms with van der Waals surface area (Å²) in [5.74, 6) is 0.708. The molecule has 0 aromatic rings. The van der Waals surface area contributed by atoms with Crippen LogP contribution in [-0.4, -0.2) is 39.5 Å². The molecule has 3 nitrogen and oxygen atoms in total. The molecule has 0 radical (unpaired) electrons. The Kier molecular flexibility index (Phi) is 5.81. The van der Waals surface area contributed by atoms with E-state index in [0.29, 0.717) is 12.5 Å². The van der Waals surface area contributed by atoms with Gasteiger partial charge in [-0.3, -0.25) is 0 Å². The van der Waals surface area contributed by atoms with Crippen LogP contribution < -0.4 is 5.32 Å². The van der Waals surface area contributed by atoms with Gasteiger partial charge in [0.1, 0.15) is 0 Å². The molecule has 0 amide bonds. The van der Waals surface area contributed by atoms with E-state index >= 15 is 0 Å². The third-order valence-corrected chi connectivity index (χ3v) is 2.12. The van der Waals surface area contributed by atoms with Gasteiger partial charge in [-0.2, -0.15) is 0 Å². The Hall–Kier alpha value is -0.380. The molecule has 1 aliphatic heterocycles. The second kappa shape index (κ2) is 7.06. The van der Waals surface area contributed by atoms with E-state index in [-0.39, 0.29) is 0 Å². The van der Waals surface area contributed by atoms with Crippen molar-refractivity contribution in [2.24, 2.45) is 5.92 Å². The minimum Gasteiger partial charge on any atom is -0.381 e. The molecule has 1 aliphatic rings. The lowest BCUT2D eigenvalue weighted by molar-refractivity contribution is 0.160. The molecule has 1 saturated heterocycles. The summed E-state index contributed by atoms with van der Waals surface area (Å²) < 4.78 is 10.5. The molecular formula is C10H19NO2. The van der Waals surface area contributed by atoms with Crippen molar-refractivity contribution in [3.8, 4) is 0 Å². The molecule has 0 aromatic carbocycles. The fourth-order valence-electron chi connectivity index (χ4n) is 1.36. The van der Waals surface area contributed by atoms with E-state index in [1.165, 1.54) is 6.42 Å². The Morgan fingerprint density at radius 3 is 3.23 bits per heavy atom. The van der Waals surface area contributed by atoms with Gasteiger partial charge in [-0.1, -0.05) is 6.08 Å². The van der Waals surface area contributed by atoms with Crippen LogP contribution in [0, 0.1) is 5.92 Å². The molecule has 3 heteroatoms. The Labute approximate surface area is 80.1 Å². The predicted octanol–water partition coefficient (Wildman–Crippen LogP) is 0.815. The normalized spacial score (nSPS) is 22.0. The zero-order valence-corrected chi connectivity index (χ0v) is 8.13. The van der Waals surface area contributed by atoms with Gasteiger partial charge in [0.15, 0.2) is 0 Å². The average Bonchev–Trinajstić information content (AvgIpc) is 2.63. The Balaban J connectivity index is 1.80. The molecular weight excluding hydrogens is 166 g/mol. The van der Waals surface area contributed by atoms with E-state index in [1.807, 2.05) is 0 Å². The van der Waals surface area contributed by atoms with Crippen LogP contribution in [0.3, 0.4) is 0 Å². The van der Waals surface area contributed by atoms with Crippen molar-refractivity contribution in [1.82, 2.24) is 5.32 Å². The number of ether oxygens (including phenoxy) is 2. The van der Waals surface area contributed by atoms with Crippen molar-refractivity contribution < 1.29 is 9.47 Å². The number of nitrogens with one attached hydrogen (secondary N) is 1. The highest BCUT2D eigenvalue weighted by molar-refractivity contribution is 4.67. The van der Waals surface area contributed by atoms with Gasteiger partial charge in [0, 0.05) is 19.7 Å². The zero-order chi connectivity index (χ0) is 9.36. The summed E-state index contributed by atoms with van der Waals surface area (Å²) in [6.45, 7) is 8.81. The highest BCUT2D eigenvalue weighted by Gasteiger charge is 2.14. The first kappa shape index (κ1) is 10.7. The van der Waals surface area contributed by atoms with Crippen LogP contribution in [0.15, 0.2) is 12.7 Å². The largest absolute Gasteiger partial charge is 0.381 e. The summed E-state index contributed by atoms with van der Waals surface area (Å²) in [5.41, 5.74) is 0. The fourth-order valence-corrected chi connectivity index (χ4v) is 1.36. The third-order valence-electron chi connectivity index (χ3n) is 2.12. The van der Waals surface area contributed by atoms with Crippen molar-refractivity contribution >= 4 is 0 Å². The van der Waals surface area contributed by atoms with Gasteiger partial charge in [0.05, 0.1) is 19.8 Å². The van der Waals surface area contributed by atoms with Crippen LogP contribution in [0.1, 0.15) is 6.42 Å². The predicted molar refractivity (Wildman–Crippen MR) is 52.8 cm³/mol. The van der Waals surface area contributed by atoms with Gasteiger partial charge in [-0.15, -0.1) is 6.58 Å². The van der Waals surface area contributed by atoms with Gasteiger partial charge in [-0.05, 0) is 12.3 Å². The van der Waals surface area contributed by atoms with Crippen LogP contribution in [-0.2, 0) is 9.47 Å². The Morgan fingerprint density at radius 1 is 1.62 bits per heavy atom. The Bertz CT molecular complexity index is 133. The highest BCUT2D eigenvalue weighted by Crippen LogP contribution is 2.10. The number of hydrogen-bond donors (Lipinski definition) is 1. The summed E-state index contributed by atoms with van der Waals surface area (Å²) in [5, 5.41) is 3.35. The first-order valence-corrected chi connectivity index (χ1v) is 4.90. The zero-order valence-electron chi connectivity index (χ0n) is 8.13. The van der Waals surface area contributed by atoms with E-state index < -0.39 is 0 Å². The van der Waals surface area contributed by atoms with Crippen LogP contribution >= 0.6 is 0 Å². The first-order chi connectivity index (χ1) is 6.43. The van der Waals surface area contributed by atoms with Crippen LogP contribution in [0.5, 0.6) is 0 Å². The van der Waals surface area contributed by atoms with E-state index in [4.69, 9.17) is 9.47 Å². The van der Waals surface area contributed by atoms with Gasteiger partial charge >= 0.3 is 0 Å². The second-order valence-corrected chi connectivity index (χ2v) is 3.30.